The SMILES string of the molecule is O=C(O)CSc1nnc(-c2ccco2)n1Cc1ccco1. The highest BCUT2D eigenvalue weighted by Gasteiger charge is 2.18. The molecule has 21 heavy (non-hydrogen) atoms. The molecule has 3 aromatic rings. The number of carbonyl (C=O) groups is 1. The average molecular weight is 305 g/mol. The first-order valence-electron chi connectivity index (χ1n) is 6.08. The maximum atomic E-state index is 10.7. The van der Waals surface area contributed by atoms with E-state index in [1.165, 1.54) is 0 Å². The third-order valence-corrected chi connectivity index (χ3v) is 3.63. The van der Waals surface area contributed by atoms with E-state index in [-0.39, 0.29) is 5.75 Å². The zero-order valence-electron chi connectivity index (χ0n) is 10.8. The Morgan fingerprint density at radius 2 is 2.05 bits per heavy atom. The molecule has 108 valence electrons. The van der Waals surface area contributed by atoms with Gasteiger partial charge in [-0.25, -0.2) is 0 Å². The van der Waals surface area contributed by atoms with Crippen molar-refractivity contribution < 1.29 is 18.7 Å². The van der Waals surface area contributed by atoms with Gasteiger partial charge in [-0.1, -0.05) is 11.8 Å². The normalized spacial score (nSPS) is 10.9. The Balaban J connectivity index is 1.94. The third-order valence-electron chi connectivity index (χ3n) is 2.68. The highest BCUT2D eigenvalue weighted by Crippen LogP contribution is 2.25. The number of aliphatic carboxylic acids is 1. The van der Waals surface area contributed by atoms with Gasteiger partial charge in [-0.3, -0.25) is 9.36 Å². The Labute approximate surface area is 123 Å². The predicted octanol–water partition coefficient (Wildman–Crippen LogP) is 2.36. The molecule has 0 radical (unpaired) electrons. The third kappa shape index (κ3) is 3.00. The van der Waals surface area contributed by atoms with Gasteiger partial charge in [-0.05, 0) is 24.3 Å². The Kier molecular flexibility index (Phi) is 3.78. The van der Waals surface area contributed by atoms with Gasteiger partial charge < -0.3 is 13.9 Å². The van der Waals surface area contributed by atoms with Gasteiger partial charge in [0.2, 0.25) is 5.82 Å². The van der Waals surface area contributed by atoms with Crippen molar-refractivity contribution in [2.24, 2.45) is 0 Å². The van der Waals surface area contributed by atoms with E-state index in [9.17, 15) is 4.79 Å². The van der Waals surface area contributed by atoms with E-state index >= 15 is 0 Å². The number of aromatic nitrogens is 3. The Hall–Kier alpha value is -2.48. The summed E-state index contributed by atoms with van der Waals surface area (Å²) in [5.41, 5.74) is 0. The van der Waals surface area contributed by atoms with Crippen LogP contribution < -0.4 is 0 Å². The lowest BCUT2D eigenvalue weighted by Crippen LogP contribution is -2.05. The van der Waals surface area contributed by atoms with Crippen molar-refractivity contribution in [3.05, 3.63) is 42.6 Å². The number of carboxylic acids is 1. The van der Waals surface area contributed by atoms with Crippen molar-refractivity contribution in [3.8, 4) is 11.6 Å². The molecule has 0 aromatic carbocycles. The zero-order chi connectivity index (χ0) is 14.7. The first kappa shape index (κ1) is 13.5. The van der Waals surface area contributed by atoms with E-state index in [0.29, 0.717) is 23.3 Å². The smallest absolute Gasteiger partial charge is 0.313 e. The molecule has 8 heteroatoms. The number of furan rings is 2. The largest absolute Gasteiger partial charge is 0.481 e. The van der Waals surface area contributed by atoms with Crippen molar-refractivity contribution in [1.82, 2.24) is 14.8 Å². The molecule has 0 unspecified atom stereocenters. The second kappa shape index (κ2) is 5.88. The minimum Gasteiger partial charge on any atom is -0.481 e. The van der Waals surface area contributed by atoms with Gasteiger partial charge in [0.15, 0.2) is 10.9 Å². The van der Waals surface area contributed by atoms with Gasteiger partial charge in [0, 0.05) is 0 Å². The van der Waals surface area contributed by atoms with Crippen molar-refractivity contribution in [3.63, 3.8) is 0 Å². The standard InChI is InChI=1S/C13H11N3O4S/c17-11(18)8-21-13-15-14-12(10-4-2-6-20-10)16(13)7-9-3-1-5-19-9/h1-6H,7-8H2,(H,17,18). The molecular formula is C13H11N3O4S. The highest BCUT2D eigenvalue weighted by molar-refractivity contribution is 7.99. The fraction of sp³-hybridized carbons (Fsp3) is 0.154. The van der Waals surface area contributed by atoms with Crippen LogP contribution >= 0.6 is 11.8 Å². The van der Waals surface area contributed by atoms with Gasteiger partial charge in [-0.15, -0.1) is 10.2 Å². The zero-order valence-corrected chi connectivity index (χ0v) is 11.6. The van der Waals surface area contributed by atoms with Crippen molar-refractivity contribution in [1.29, 1.82) is 0 Å². The second-order valence-corrected chi connectivity index (χ2v) is 5.07. The van der Waals surface area contributed by atoms with Crippen LogP contribution in [0.2, 0.25) is 0 Å². The maximum absolute atomic E-state index is 10.7. The van der Waals surface area contributed by atoms with Gasteiger partial charge in [0.1, 0.15) is 5.76 Å². The van der Waals surface area contributed by atoms with Crippen LogP contribution in [0.15, 0.2) is 50.8 Å². The summed E-state index contributed by atoms with van der Waals surface area (Å²) in [5, 5.41) is 17.4. The molecule has 0 bridgehead atoms. The quantitative estimate of drug-likeness (QED) is 0.698. The number of thioether (sulfide) groups is 1. The molecule has 0 aliphatic heterocycles. The van der Waals surface area contributed by atoms with Crippen LogP contribution in [0.5, 0.6) is 0 Å². The summed E-state index contributed by atoms with van der Waals surface area (Å²) in [6, 6.07) is 7.15. The van der Waals surface area contributed by atoms with Crippen molar-refractivity contribution >= 4 is 17.7 Å². The van der Waals surface area contributed by atoms with Gasteiger partial charge in [0.25, 0.3) is 0 Å². The summed E-state index contributed by atoms with van der Waals surface area (Å²) in [4.78, 5) is 10.7. The average Bonchev–Trinajstić information content (AvgIpc) is 3.18. The maximum Gasteiger partial charge on any atom is 0.313 e. The minimum absolute atomic E-state index is 0.0888. The van der Waals surface area contributed by atoms with E-state index in [1.54, 1.807) is 35.3 Å². The number of carboxylic acid groups (broad SMARTS) is 1. The van der Waals surface area contributed by atoms with Crippen LogP contribution in [-0.4, -0.2) is 31.6 Å². The van der Waals surface area contributed by atoms with E-state index in [1.807, 2.05) is 6.07 Å². The molecular weight excluding hydrogens is 294 g/mol. The van der Waals surface area contributed by atoms with Crippen LogP contribution in [0.1, 0.15) is 5.76 Å². The molecule has 0 aliphatic rings. The van der Waals surface area contributed by atoms with Gasteiger partial charge in [0.05, 0.1) is 24.8 Å². The summed E-state index contributed by atoms with van der Waals surface area (Å²) in [7, 11) is 0. The van der Waals surface area contributed by atoms with E-state index in [0.717, 1.165) is 17.5 Å². The lowest BCUT2D eigenvalue weighted by atomic mass is 10.4. The predicted molar refractivity (Wildman–Crippen MR) is 73.9 cm³/mol. The molecule has 0 spiro atoms. The van der Waals surface area contributed by atoms with E-state index in [4.69, 9.17) is 13.9 Å². The number of hydrogen-bond acceptors (Lipinski definition) is 6. The molecule has 0 atom stereocenters. The van der Waals surface area contributed by atoms with Crippen LogP contribution in [0.25, 0.3) is 11.6 Å². The highest BCUT2D eigenvalue weighted by atomic mass is 32.2. The first-order valence-corrected chi connectivity index (χ1v) is 7.06. The van der Waals surface area contributed by atoms with Crippen LogP contribution in [0.3, 0.4) is 0 Å². The molecule has 3 rings (SSSR count). The van der Waals surface area contributed by atoms with E-state index in [2.05, 4.69) is 10.2 Å². The monoisotopic (exact) mass is 305 g/mol. The van der Waals surface area contributed by atoms with Crippen LogP contribution in [0.4, 0.5) is 0 Å². The molecule has 0 aliphatic carbocycles. The Morgan fingerprint density at radius 1 is 1.24 bits per heavy atom. The Bertz CT molecular complexity index is 719. The number of nitrogens with zero attached hydrogens (tertiary/aromatic N) is 3. The second-order valence-electron chi connectivity index (χ2n) is 4.13. The van der Waals surface area contributed by atoms with Gasteiger partial charge >= 0.3 is 5.97 Å². The Morgan fingerprint density at radius 3 is 2.71 bits per heavy atom. The fourth-order valence-electron chi connectivity index (χ4n) is 1.81. The molecule has 0 amide bonds. The summed E-state index contributed by atoms with van der Waals surface area (Å²) in [5.74, 6) is 0.821. The molecule has 1 N–H and O–H groups in total. The summed E-state index contributed by atoms with van der Waals surface area (Å²) in [6.45, 7) is 0.401. The van der Waals surface area contributed by atoms with Crippen molar-refractivity contribution in [2.45, 2.75) is 11.7 Å². The summed E-state index contributed by atoms with van der Waals surface area (Å²) in [6.07, 6.45) is 3.13. The molecule has 7 nitrogen and oxygen atoms in total. The summed E-state index contributed by atoms with van der Waals surface area (Å²) >= 11 is 1.10. The lowest BCUT2D eigenvalue weighted by Gasteiger charge is -2.06. The number of hydrogen-bond donors (Lipinski definition) is 1. The lowest BCUT2D eigenvalue weighted by molar-refractivity contribution is -0.133. The molecule has 0 saturated heterocycles. The molecule has 3 heterocycles. The van der Waals surface area contributed by atoms with Crippen LogP contribution in [0, 0.1) is 0 Å². The van der Waals surface area contributed by atoms with Gasteiger partial charge in [-0.2, -0.15) is 0 Å². The number of rotatable bonds is 6. The molecule has 3 aromatic heterocycles. The fourth-order valence-corrected chi connectivity index (χ4v) is 2.47. The molecule has 0 saturated carbocycles. The summed E-state index contributed by atoms with van der Waals surface area (Å²) < 4.78 is 12.4. The van der Waals surface area contributed by atoms with Crippen LogP contribution in [-0.2, 0) is 11.3 Å². The first-order chi connectivity index (χ1) is 10.2. The molecule has 0 fully saturated rings. The van der Waals surface area contributed by atoms with Crippen molar-refractivity contribution in [2.75, 3.05) is 5.75 Å². The topological polar surface area (TPSA) is 94.3 Å². The van der Waals surface area contributed by atoms with E-state index < -0.39 is 5.97 Å². The minimum atomic E-state index is -0.910.